The quantitative estimate of drug-likeness (QED) is 0.829. The molecule has 1 saturated carbocycles. The van der Waals surface area contributed by atoms with Crippen LogP contribution in [0.2, 0.25) is 0 Å². The Morgan fingerprint density at radius 3 is 2.44 bits per heavy atom. The minimum atomic E-state index is 0.00592. The van der Waals surface area contributed by atoms with Gasteiger partial charge in [0.1, 0.15) is 0 Å². The van der Waals surface area contributed by atoms with Crippen LogP contribution in [0.25, 0.3) is 0 Å². The zero-order valence-corrected chi connectivity index (χ0v) is 11.6. The predicted octanol–water partition coefficient (Wildman–Crippen LogP) is 3.52. The highest BCUT2D eigenvalue weighted by Gasteiger charge is 2.33. The van der Waals surface area contributed by atoms with Crippen molar-refractivity contribution in [1.82, 2.24) is 5.32 Å². The molecule has 2 nitrogen and oxygen atoms in total. The molecule has 3 heteroatoms. The summed E-state index contributed by atoms with van der Waals surface area (Å²) < 4.78 is 0. The van der Waals surface area contributed by atoms with Crippen LogP contribution < -0.4 is 5.32 Å². The van der Waals surface area contributed by atoms with E-state index < -0.39 is 0 Å². The molecular formula is C15H20ClNO. The molecular weight excluding hydrogens is 246 g/mol. The molecule has 1 N–H and O–H groups in total. The summed E-state index contributed by atoms with van der Waals surface area (Å²) in [6.07, 6.45) is 4.72. The second-order valence-corrected chi connectivity index (χ2v) is 5.66. The van der Waals surface area contributed by atoms with E-state index in [2.05, 4.69) is 5.32 Å². The molecule has 2 rings (SSSR count). The number of amides is 1. The number of carbonyl (C=O) groups is 1. The van der Waals surface area contributed by atoms with Crippen LogP contribution in [0.15, 0.2) is 24.3 Å². The highest BCUT2D eigenvalue weighted by atomic mass is 35.5. The number of hydrogen-bond acceptors (Lipinski definition) is 1. The minimum Gasteiger partial charge on any atom is -0.351 e. The van der Waals surface area contributed by atoms with Crippen molar-refractivity contribution in [3.63, 3.8) is 0 Å². The first kappa shape index (κ1) is 13.4. The van der Waals surface area contributed by atoms with Crippen LogP contribution in [0, 0.1) is 12.3 Å². The summed E-state index contributed by atoms with van der Waals surface area (Å²) in [5.74, 6) is 0.646. The SMILES string of the molecule is Cc1ccc(C(=O)NCC2(CCl)CCCC2)cc1. The van der Waals surface area contributed by atoms with E-state index in [0.717, 1.165) is 18.4 Å². The van der Waals surface area contributed by atoms with Gasteiger partial charge < -0.3 is 5.32 Å². The lowest BCUT2D eigenvalue weighted by atomic mass is 9.88. The second kappa shape index (κ2) is 5.75. The number of rotatable bonds is 4. The van der Waals surface area contributed by atoms with Crippen LogP contribution >= 0.6 is 11.6 Å². The predicted molar refractivity (Wildman–Crippen MR) is 75.1 cm³/mol. The summed E-state index contributed by atoms with van der Waals surface area (Å²) in [6.45, 7) is 2.71. The smallest absolute Gasteiger partial charge is 0.251 e. The molecule has 1 aromatic carbocycles. The molecule has 0 atom stereocenters. The molecule has 98 valence electrons. The fourth-order valence-electron chi connectivity index (χ4n) is 2.56. The summed E-state index contributed by atoms with van der Waals surface area (Å²) in [7, 11) is 0. The fourth-order valence-corrected chi connectivity index (χ4v) is 2.92. The maximum atomic E-state index is 12.0. The van der Waals surface area contributed by atoms with Crippen molar-refractivity contribution in [2.45, 2.75) is 32.6 Å². The third kappa shape index (κ3) is 3.05. The van der Waals surface area contributed by atoms with Gasteiger partial charge in [0.2, 0.25) is 0 Å². The number of hydrogen-bond donors (Lipinski definition) is 1. The van der Waals surface area contributed by atoms with Crippen molar-refractivity contribution >= 4 is 17.5 Å². The van der Waals surface area contributed by atoms with Gasteiger partial charge in [0.15, 0.2) is 0 Å². The van der Waals surface area contributed by atoms with E-state index in [0.29, 0.717) is 12.4 Å². The molecule has 0 saturated heterocycles. The lowest BCUT2D eigenvalue weighted by Gasteiger charge is -2.26. The van der Waals surface area contributed by atoms with Gasteiger partial charge in [-0.3, -0.25) is 4.79 Å². The van der Waals surface area contributed by atoms with Gasteiger partial charge >= 0.3 is 0 Å². The van der Waals surface area contributed by atoms with Crippen molar-refractivity contribution in [1.29, 1.82) is 0 Å². The Balaban J connectivity index is 1.93. The number of halogens is 1. The maximum Gasteiger partial charge on any atom is 0.251 e. The first-order valence-electron chi connectivity index (χ1n) is 6.56. The van der Waals surface area contributed by atoms with Gasteiger partial charge in [-0.2, -0.15) is 0 Å². The maximum absolute atomic E-state index is 12.0. The Hall–Kier alpha value is -1.02. The van der Waals surface area contributed by atoms with Crippen LogP contribution in [0.3, 0.4) is 0 Å². The third-order valence-corrected chi connectivity index (χ3v) is 4.45. The summed E-state index contributed by atoms with van der Waals surface area (Å²) in [6, 6.07) is 7.66. The minimum absolute atomic E-state index is 0.00592. The monoisotopic (exact) mass is 265 g/mol. The Labute approximate surface area is 114 Å². The van der Waals surface area contributed by atoms with Crippen LogP contribution in [-0.2, 0) is 0 Å². The van der Waals surface area contributed by atoms with E-state index in [1.54, 1.807) is 0 Å². The average molecular weight is 266 g/mol. The average Bonchev–Trinajstić information content (AvgIpc) is 2.86. The highest BCUT2D eigenvalue weighted by molar-refractivity contribution is 6.18. The molecule has 0 radical (unpaired) electrons. The zero-order valence-electron chi connectivity index (χ0n) is 10.8. The van der Waals surface area contributed by atoms with Crippen molar-refractivity contribution in [3.05, 3.63) is 35.4 Å². The third-order valence-electron chi connectivity index (χ3n) is 3.89. The van der Waals surface area contributed by atoms with Gasteiger partial charge in [0.25, 0.3) is 5.91 Å². The first-order valence-corrected chi connectivity index (χ1v) is 7.10. The second-order valence-electron chi connectivity index (χ2n) is 5.39. The molecule has 1 fully saturated rings. The number of alkyl halides is 1. The van der Waals surface area contributed by atoms with Gasteiger partial charge in [-0.05, 0) is 31.9 Å². The molecule has 18 heavy (non-hydrogen) atoms. The largest absolute Gasteiger partial charge is 0.351 e. The molecule has 1 amide bonds. The van der Waals surface area contributed by atoms with Gasteiger partial charge in [0, 0.05) is 23.4 Å². The molecule has 0 bridgehead atoms. The van der Waals surface area contributed by atoms with E-state index in [1.165, 1.54) is 18.4 Å². The molecule has 0 aromatic heterocycles. The number of carbonyl (C=O) groups excluding carboxylic acids is 1. The van der Waals surface area contributed by atoms with Gasteiger partial charge in [-0.25, -0.2) is 0 Å². The number of aryl methyl sites for hydroxylation is 1. The van der Waals surface area contributed by atoms with Crippen molar-refractivity contribution < 1.29 is 4.79 Å². The summed E-state index contributed by atoms with van der Waals surface area (Å²) in [5.41, 5.74) is 2.02. The molecule has 0 unspecified atom stereocenters. The topological polar surface area (TPSA) is 29.1 Å². The van der Waals surface area contributed by atoms with Crippen LogP contribution in [-0.4, -0.2) is 18.3 Å². The van der Waals surface area contributed by atoms with Crippen LogP contribution in [0.4, 0.5) is 0 Å². The molecule has 1 aliphatic rings. The van der Waals surface area contributed by atoms with Crippen molar-refractivity contribution in [3.8, 4) is 0 Å². The first-order chi connectivity index (χ1) is 8.65. The van der Waals surface area contributed by atoms with E-state index >= 15 is 0 Å². The number of benzene rings is 1. The normalized spacial score (nSPS) is 17.7. The Bertz CT molecular complexity index is 407. The van der Waals surface area contributed by atoms with E-state index in [4.69, 9.17) is 11.6 Å². The highest BCUT2D eigenvalue weighted by Crippen LogP contribution is 2.38. The molecule has 0 aliphatic heterocycles. The summed E-state index contributed by atoms with van der Waals surface area (Å²) in [5, 5.41) is 3.03. The lowest BCUT2D eigenvalue weighted by molar-refractivity contribution is 0.0935. The van der Waals surface area contributed by atoms with Gasteiger partial charge in [0.05, 0.1) is 0 Å². The molecule has 1 aliphatic carbocycles. The molecule has 0 heterocycles. The Kier molecular flexibility index (Phi) is 4.28. The number of nitrogens with one attached hydrogen (secondary N) is 1. The van der Waals surface area contributed by atoms with E-state index in [1.807, 2.05) is 31.2 Å². The summed E-state index contributed by atoms with van der Waals surface area (Å²) in [4.78, 5) is 12.0. The summed E-state index contributed by atoms with van der Waals surface area (Å²) >= 11 is 6.06. The van der Waals surface area contributed by atoms with Crippen LogP contribution in [0.5, 0.6) is 0 Å². The van der Waals surface area contributed by atoms with E-state index in [-0.39, 0.29) is 11.3 Å². The Morgan fingerprint density at radius 2 is 1.89 bits per heavy atom. The van der Waals surface area contributed by atoms with Crippen molar-refractivity contribution in [2.24, 2.45) is 5.41 Å². The van der Waals surface area contributed by atoms with E-state index in [9.17, 15) is 4.79 Å². The zero-order chi connectivity index (χ0) is 13.0. The van der Waals surface area contributed by atoms with Gasteiger partial charge in [-0.15, -0.1) is 11.6 Å². The molecule has 1 aromatic rings. The fraction of sp³-hybridized carbons (Fsp3) is 0.533. The van der Waals surface area contributed by atoms with Crippen LogP contribution in [0.1, 0.15) is 41.6 Å². The molecule has 0 spiro atoms. The lowest BCUT2D eigenvalue weighted by Crippen LogP contribution is -2.37. The standard InChI is InChI=1S/C15H20ClNO/c1-12-4-6-13(7-5-12)14(18)17-11-15(10-16)8-2-3-9-15/h4-7H,2-3,8-11H2,1H3,(H,17,18). The van der Waals surface area contributed by atoms with Gasteiger partial charge in [-0.1, -0.05) is 30.5 Å². The van der Waals surface area contributed by atoms with Crippen molar-refractivity contribution in [2.75, 3.05) is 12.4 Å². The Morgan fingerprint density at radius 1 is 1.28 bits per heavy atom.